The summed E-state index contributed by atoms with van der Waals surface area (Å²) >= 11 is 0. The first-order valence-electron chi connectivity index (χ1n) is 12.1. The number of hydrogen-bond donors (Lipinski definition) is 1. The third kappa shape index (κ3) is 6.42. The highest BCUT2D eigenvalue weighted by Crippen LogP contribution is 2.23. The van der Waals surface area contributed by atoms with E-state index < -0.39 is 0 Å². The van der Waals surface area contributed by atoms with Gasteiger partial charge >= 0.3 is 0 Å². The Kier molecular flexibility index (Phi) is 7.94. The lowest BCUT2D eigenvalue weighted by Gasteiger charge is -2.33. The van der Waals surface area contributed by atoms with Gasteiger partial charge in [0, 0.05) is 50.7 Å². The van der Waals surface area contributed by atoms with Crippen LogP contribution in [0.3, 0.4) is 0 Å². The SMILES string of the molecule is O=C(CCC1CCN(C(=O)c2ccccc2)CC1)NC1CCN(Cc2ccccc2)CC1. The first kappa shape index (κ1) is 22.5. The fraction of sp³-hybridized carbons (Fsp3) is 0.481. The Morgan fingerprint density at radius 3 is 2.09 bits per heavy atom. The highest BCUT2D eigenvalue weighted by Gasteiger charge is 2.25. The zero-order valence-corrected chi connectivity index (χ0v) is 18.9. The predicted octanol–water partition coefficient (Wildman–Crippen LogP) is 4.10. The summed E-state index contributed by atoms with van der Waals surface area (Å²) in [6.07, 6.45) is 5.55. The van der Waals surface area contributed by atoms with Crippen molar-refractivity contribution in [3.05, 3.63) is 71.8 Å². The number of hydrogen-bond acceptors (Lipinski definition) is 3. The van der Waals surface area contributed by atoms with Crippen molar-refractivity contribution in [3.8, 4) is 0 Å². The Morgan fingerprint density at radius 1 is 0.812 bits per heavy atom. The van der Waals surface area contributed by atoms with Crippen LogP contribution in [0, 0.1) is 5.92 Å². The van der Waals surface area contributed by atoms with Gasteiger partial charge in [-0.15, -0.1) is 0 Å². The fourth-order valence-electron chi connectivity index (χ4n) is 4.90. The lowest BCUT2D eigenvalue weighted by Crippen LogP contribution is -2.44. The summed E-state index contributed by atoms with van der Waals surface area (Å²) in [6.45, 7) is 4.65. The molecule has 4 rings (SSSR count). The Morgan fingerprint density at radius 2 is 1.44 bits per heavy atom. The number of carbonyl (C=O) groups is 2. The molecule has 0 aromatic heterocycles. The molecular formula is C27H35N3O2. The maximum absolute atomic E-state index is 12.6. The summed E-state index contributed by atoms with van der Waals surface area (Å²) in [7, 11) is 0. The largest absolute Gasteiger partial charge is 0.353 e. The Hall–Kier alpha value is -2.66. The van der Waals surface area contributed by atoms with Crippen molar-refractivity contribution in [2.75, 3.05) is 26.2 Å². The van der Waals surface area contributed by atoms with Crippen LogP contribution in [0.2, 0.25) is 0 Å². The Balaban J connectivity index is 1.11. The summed E-state index contributed by atoms with van der Waals surface area (Å²) in [5.41, 5.74) is 2.12. The molecule has 2 aliphatic rings. The van der Waals surface area contributed by atoms with E-state index in [-0.39, 0.29) is 11.8 Å². The van der Waals surface area contributed by atoms with Gasteiger partial charge < -0.3 is 10.2 Å². The zero-order chi connectivity index (χ0) is 22.2. The molecule has 2 heterocycles. The van der Waals surface area contributed by atoms with E-state index in [1.807, 2.05) is 35.2 Å². The molecule has 32 heavy (non-hydrogen) atoms. The van der Waals surface area contributed by atoms with Gasteiger partial charge in [0.1, 0.15) is 0 Å². The molecule has 0 saturated carbocycles. The Bertz CT molecular complexity index is 855. The second-order valence-corrected chi connectivity index (χ2v) is 9.24. The van der Waals surface area contributed by atoms with Crippen molar-refractivity contribution >= 4 is 11.8 Å². The van der Waals surface area contributed by atoms with Crippen LogP contribution in [0.4, 0.5) is 0 Å². The standard InChI is InChI=1S/C27H35N3O2/c31-26(28-25-15-17-29(18-16-25)21-23-7-3-1-4-8-23)12-11-22-13-19-30(20-14-22)27(32)24-9-5-2-6-10-24/h1-10,22,25H,11-21H2,(H,28,31). The monoisotopic (exact) mass is 433 g/mol. The van der Waals surface area contributed by atoms with Crippen LogP contribution in [-0.4, -0.2) is 53.8 Å². The van der Waals surface area contributed by atoms with E-state index in [4.69, 9.17) is 0 Å². The molecule has 0 atom stereocenters. The maximum atomic E-state index is 12.6. The van der Waals surface area contributed by atoms with Crippen LogP contribution in [0.1, 0.15) is 54.4 Å². The van der Waals surface area contributed by atoms with Gasteiger partial charge in [-0.25, -0.2) is 0 Å². The van der Waals surface area contributed by atoms with E-state index in [1.165, 1.54) is 5.56 Å². The first-order valence-corrected chi connectivity index (χ1v) is 12.1. The van der Waals surface area contributed by atoms with E-state index in [1.54, 1.807) is 0 Å². The molecule has 2 amide bonds. The van der Waals surface area contributed by atoms with Gasteiger partial charge in [-0.3, -0.25) is 14.5 Å². The molecule has 2 aromatic rings. The molecule has 1 N–H and O–H groups in total. The molecule has 2 fully saturated rings. The van der Waals surface area contributed by atoms with Gasteiger partial charge in [-0.2, -0.15) is 0 Å². The number of piperidine rings is 2. The highest BCUT2D eigenvalue weighted by atomic mass is 16.2. The molecule has 2 saturated heterocycles. The smallest absolute Gasteiger partial charge is 0.253 e. The van der Waals surface area contributed by atoms with E-state index in [0.29, 0.717) is 18.4 Å². The second-order valence-electron chi connectivity index (χ2n) is 9.24. The molecule has 2 aliphatic heterocycles. The molecular weight excluding hydrogens is 398 g/mol. The maximum Gasteiger partial charge on any atom is 0.253 e. The number of nitrogens with zero attached hydrogens (tertiary/aromatic N) is 2. The molecule has 5 nitrogen and oxygen atoms in total. The molecule has 5 heteroatoms. The number of rotatable bonds is 7. The number of likely N-dealkylation sites (tertiary alicyclic amines) is 2. The topological polar surface area (TPSA) is 52.7 Å². The van der Waals surface area contributed by atoms with E-state index in [0.717, 1.165) is 70.4 Å². The summed E-state index contributed by atoms with van der Waals surface area (Å²) in [5, 5.41) is 3.26. The average molecular weight is 434 g/mol. The molecule has 0 spiro atoms. The van der Waals surface area contributed by atoms with Crippen molar-refractivity contribution in [2.45, 2.75) is 51.1 Å². The number of nitrogens with one attached hydrogen (secondary N) is 1. The normalized spacial score (nSPS) is 18.4. The molecule has 0 aliphatic carbocycles. The van der Waals surface area contributed by atoms with E-state index in [2.05, 4.69) is 40.5 Å². The van der Waals surface area contributed by atoms with Crippen molar-refractivity contribution < 1.29 is 9.59 Å². The minimum absolute atomic E-state index is 0.125. The van der Waals surface area contributed by atoms with Gasteiger partial charge in [0.05, 0.1) is 0 Å². The van der Waals surface area contributed by atoms with Crippen LogP contribution in [0.15, 0.2) is 60.7 Å². The summed E-state index contributed by atoms with van der Waals surface area (Å²) in [6, 6.07) is 20.4. The van der Waals surface area contributed by atoms with Crippen molar-refractivity contribution in [3.63, 3.8) is 0 Å². The van der Waals surface area contributed by atoms with Gasteiger partial charge in [-0.1, -0.05) is 48.5 Å². The van der Waals surface area contributed by atoms with Gasteiger partial charge in [0.25, 0.3) is 5.91 Å². The third-order valence-corrected chi connectivity index (χ3v) is 6.90. The Labute approximate surface area is 191 Å². The lowest BCUT2D eigenvalue weighted by atomic mass is 9.91. The minimum Gasteiger partial charge on any atom is -0.353 e. The van der Waals surface area contributed by atoms with Gasteiger partial charge in [0.2, 0.25) is 5.91 Å². The summed E-state index contributed by atoms with van der Waals surface area (Å²) < 4.78 is 0. The average Bonchev–Trinajstić information content (AvgIpc) is 2.85. The minimum atomic E-state index is 0.125. The van der Waals surface area contributed by atoms with E-state index in [9.17, 15) is 9.59 Å². The molecule has 2 aromatic carbocycles. The van der Waals surface area contributed by atoms with Crippen LogP contribution in [-0.2, 0) is 11.3 Å². The predicted molar refractivity (Wildman–Crippen MR) is 127 cm³/mol. The summed E-state index contributed by atoms with van der Waals surface area (Å²) in [4.78, 5) is 29.5. The van der Waals surface area contributed by atoms with E-state index >= 15 is 0 Å². The van der Waals surface area contributed by atoms with Crippen molar-refractivity contribution in [1.82, 2.24) is 15.1 Å². The van der Waals surface area contributed by atoms with Crippen LogP contribution < -0.4 is 5.32 Å². The van der Waals surface area contributed by atoms with Crippen LogP contribution in [0.25, 0.3) is 0 Å². The van der Waals surface area contributed by atoms with Gasteiger partial charge in [-0.05, 0) is 55.7 Å². The number of carbonyl (C=O) groups excluding carboxylic acids is 2. The second kappa shape index (κ2) is 11.3. The van der Waals surface area contributed by atoms with Crippen LogP contribution in [0.5, 0.6) is 0 Å². The van der Waals surface area contributed by atoms with Crippen LogP contribution >= 0.6 is 0 Å². The van der Waals surface area contributed by atoms with Crippen molar-refractivity contribution in [2.24, 2.45) is 5.92 Å². The first-order chi connectivity index (χ1) is 15.7. The molecule has 0 bridgehead atoms. The summed E-state index contributed by atoms with van der Waals surface area (Å²) in [5.74, 6) is 0.850. The zero-order valence-electron chi connectivity index (χ0n) is 18.9. The number of amides is 2. The lowest BCUT2D eigenvalue weighted by molar-refractivity contribution is -0.122. The highest BCUT2D eigenvalue weighted by molar-refractivity contribution is 5.94. The quantitative estimate of drug-likeness (QED) is 0.715. The third-order valence-electron chi connectivity index (χ3n) is 6.90. The van der Waals surface area contributed by atoms with Crippen molar-refractivity contribution in [1.29, 1.82) is 0 Å². The fourth-order valence-corrected chi connectivity index (χ4v) is 4.90. The molecule has 0 unspecified atom stereocenters. The molecule has 170 valence electrons. The van der Waals surface area contributed by atoms with Gasteiger partial charge in [0.15, 0.2) is 0 Å². The number of benzene rings is 2. The molecule has 0 radical (unpaired) electrons.